The zero-order valence-corrected chi connectivity index (χ0v) is 13.7. The van der Waals surface area contributed by atoms with Crippen LogP contribution in [0.5, 0.6) is 0 Å². The molecule has 21 heavy (non-hydrogen) atoms. The van der Waals surface area contributed by atoms with Gasteiger partial charge >= 0.3 is 0 Å². The van der Waals surface area contributed by atoms with E-state index in [2.05, 4.69) is 50.5 Å². The molecule has 1 aliphatic rings. The van der Waals surface area contributed by atoms with Crippen LogP contribution in [0.25, 0.3) is 11.0 Å². The van der Waals surface area contributed by atoms with Gasteiger partial charge in [-0.3, -0.25) is 0 Å². The Hall–Kier alpha value is -1.35. The van der Waals surface area contributed by atoms with Crippen LogP contribution in [0.4, 0.5) is 0 Å². The van der Waals surface area contributed by atoms with Crippen molar-refractivity contribution in [3.05, 3.63) is 29.6 Å². The highest BCUT2D eigenvalue weighted by Gasteiger charge is 2.40. The molecule has 1 aliphatic carbocycles. The lowest BCUT2D eigenvalue weighted by Crippen LogP contribution is -2.47. The molecule has 1 aromatic heterocycles. The van der Waals surface area contributed by atoms with Crippen molar-refractivity contribution in [3.8, 4) is 0 Å². The number of imidazole rings is 1. The lowest BCUT2D eigenvalue weighted by atomic mass is 9.71. The Morgan fingerprint density at radius 3 is 2.76 bits per heavy atom. The van der Waals surface area contributed by atoms with Crippen molar-refractivity contribution in [2.75, 3.05) is 0 Å². The molecule has 3 rings (SSSR count). The van der Waals surface area contributed by atoms with Crippen LogP contribution in [0.3, 0.4) is 0 Å². The maximum Gasteiger partial charge on any atom is 0.117 e. The Bertz CT molecular complexity index is 656. The average Bonchev–Trinajstić information content (AvgIpc) is 2.81. The molecule has 0 amide bonds. The summed E-state index contributed by atoms with van der Waals surface area (Å²) in [6.07, 6.45) is 4.75. The van der Waals surface area contributed by atoms with Crippen molar-refractivity contribution >= 4 is 11.0 Å². The molecule has 3 nitrogen and oxygen atoms in total. The molecule has 3 heteroatoms. The molecule has 0 spiro atoms. The number of nitrogens with zero attached hydrogens (tertiary/aromatic N) is 2. The van der Waals surface area contributed by atoms with E-state index in [0.29, 0.717) is 6.04 Å². The zero-order valence-electron chi connectivity index (χ0n) is 13.7. The standard InChI is InChI=1S/C18H27N3/c1-12(2)21-15-9-8-13(3)11-14(15)20-17(21)18(4)10-6-5-7-16(18)19/h8-9,11-12,16H,5-7,10,19H2,1-4H3. The van der Waals surface area contributed by atoms with Crippen molar-refractivity contribution < 1.29 is 0 Å². The lowest BCUT2D eigenvalue weighted by Gasteiger charge is -2.39. The molecule has 0 radical (unpaired) electrons. The largest absolute Gasteiger partial charge is 0.327 e. The van der Waals surface area contributed by atoms with E-state index in [1.807, 2.05) is 0 Å². The van der Waals surface area contributed by atoms with Crippen molar-refractivity contribution in [2.45, 2.75) is 70.9 Å². The van der Waals surface area contributed by atoms with Crippen LogP contribution in [0.2, 0.25) is 0 Å². The minimum Gasteiger partial charge on any atom is -0.327 e. The summed E-state index contributed by atoms with van der Waals surface area (Å²) in [6.45, 7) is 8.91. The molecular formula is C18H27N3. The second kappa shape index (κ2) is 5.13. The van der Waals surface area contributed by atoms with Gasteiger partial charge in [0, 0.05) is 17.5 Å². The van der Waals surface area contributed by atoms with Gasteiger partial charge in [-0.25, -0.2) is 4.98 Å². The Morgan fingerprint density at radius 1 is 1.33 bits per heavy atom. The van der Waals surface area contributed by atoms with Gasteiger partial charge in [0.1, 0.15) is 5.82 Å². The predicted octanol–water partition coefficient (Wildman–Crippen LogP) is 4.08. The first-order valence-corrected chi connectivity index (χ1v) is 8.18. The molecule has 0 saturated heterocycles. The topological polar surface area (TPSA) is 43.8 Å². The van der Waals surface area contributed by atoms with Gasteiger partial charge in [-0.2, -0.15) is 0 Å². The van der Waals surface area contributed by atoms with E-state index in [0.717, 1.165) is 18.4 Å². The van der Waals surface area contributed by atoms with Gasteiger partial charge in [0.2, 0.25) is 0 Å². The molecule has 1 heterocycles. The summed E-state index contributed by atoms with van der Waals surface area (Å²) in [5.74, 6) is 1.19. The fraction of sp³-hybridized carbons (Fsp3) is 0.611. The second-order valence-corrected chi connectivity index (χ2v) is 7.16. The molecular weight excluding hydrogens is 258 g/mol. The number of hydrogen-bond acceptors (Lipinski definition) is 2. The smallest absolute Gasteiger partial charge is 0.117 e. The first-order chi connectivity index (χ1) is 9.93. The van der Waals surface area contributed by atoms with Gasteiger partial charge in [0.05, 0.1) is 11.0 Å². The van der Waals surface area contributed by atoms with Gasteiger partial charge in [0.15, 0.2) is 0 Å². The number of rotatable bonds is 2. The second-order valence-electron chi connectivity index (χ2n) is 7.16. The van der Waals surface area contributed by atoms with Gasteiger partial charge in [0.25, 0.3) is 0 Å². The Balaban J connectivity index is 2.23. The fourth-order valence-corrected chi connectivity index (χ4v) is 3.77. The number of aryl methyl sites for hydroxylation is 1. The average molecular weight is 285 g/mol. The monoisotopic (exact) mass is 285 g/mol. The van der Waals surface area contributed by atoms with E-state index in [-0.39, 0.29) is 11.5 Å². The van der Waals surface area contributed by atoms with Crippen molar-refractivity contribution in [1.82, 2.24) is 9.55 Å². The molecule has 0 aliphatic heterocycles. The van der Waals surface area contributed by atoms with Gasteiger partial charge in [-0.05, 0) is 51.3 Å². The summed E-state index contributed by atoms with van der Waals surface area (Å²) in [5.41, 5.74) is 10.1. The highest BCUT2D eigenvalue weighted by molar-refractivity contribution is 5.77. The quantitative estimate of drug-likeness (QED) is 0.903. The number of hydrogen-bond donors (Lipinski definition) is 1. The molecule has 2 atom stereocenters. The minimum absolute atomic E-state index is 0.00452. The molecule has 1 aromatic carbocycles. The third kappa shape index (κ3) is 2.28. The van der Waals surface area contributed by atoms with Crippen LogP contribution < -0.4 is 5.73 Å². The van der Waals surface area contributed by atoms with Crippen LogP contribution in [0, 0.1) is 6.92 Å². The molecule has 2 unspecified atom stereocenters. The zero-order chi connectivity index (χ0) is 15.2. The van der Waals surface area contributed by atoms with Crippen molar-refractivity contribution in [2.24, 2.45) is 5.73 Å². The summed E-state index contributed by atoms with van der Waals surface area (Å²) >= 11 is 0. The van der Waals surface area contributed by atoms with Crippen molar-refractivity contribution in [1.29, 1.82) is 0 Å². The van der Waals surface area contributed by atoms with Crippen LogP contribution in [0.1, 0.15) is 63.9 Å². The van der Waals surface area contributed by atoms with Gasteiger partial charge in [-0.15, -0.1) is 0 Å². The Morgan fingerprint density at radius 2 is 2.10 bits per heavy atom. The highest BCUT2D eigenvalue weighted by atomic mass is 15.1. The van der Waals surface area contributed by atoms with Crippen LogP contribution >= 0.6 is 0 Å². The van der Waals surface area contributed by atoms with Crippen LogP contribution in [-0.2, 0) is 5.41 Å². The van der Waals surface area contributed by atoms with E-state index in [1.165, 1.54) is 29.7 Å². The van der Waals surface area contributed by atoms with Crippen molar-refractivity contribution in [3.63, 3.8) is 0 Å². The number of aromatic nitrogens is 2. The first-order valence-electron chi connectivity index (χ1n) is 8.18. The number of benzene rings is 1. The van der Waals surface area contributed by atoms with E-state index in [9.17, 15) is 0 Å². The summed E-state index contributed by atoms with van der Waals surface area (Å²) in [5, 5.41) is 0. The maximum atomic E-state index is 6.51. The normalized spacial score (nSPS) is 26.7. The number of nitrogens with two attached hydrogens (primary N) is 1. The van der Waals surface area contributed by atoms with Crippen LogP contribution in [-0.4, -0.2) is 15.6 Å². The lowest BCUT2D eigenvalue weighted by molar-refractivity contribution is 0.249. The fourth-order valence-electron chi connectivity index (χ4n) is 3.77. The first kappa shape index (κ1) is 14.6. The van der Waals surface area contributed by atoms with Gasteiger partial charge in [-0.1, -0.05) is 25.8 Å². The van der Waals surface area contributed by atoms with E-state index >= 15 is 0 Å². The highest BCUT2D eigenvalue weighted by Crippen LogP contribution is 2.40. The van der Waals surface area contributed by atoms with E-state index in [4.69, 9.17) is 10.7 Å². The molecule has 2 aromatic rings. The summed E-state index contributed by atoms with van der Waals surface area (Å²) in [7, 11) is 0. The SMILES string of the molecule is Cc1ccc2c(c1)nc(C1(C)CCCCC1N)n2C(C)C. The molecule has 114 valence electrons. The van der Waals surface area contributed by atoms with Crippen LogP contribution in [0.15, 0.2) is 18.2 Å². The van der Waals surface area contributed by atoms with E-state index < -0.39 is 0 Å². The minimum atomic E-state index is -0.00452. The predicted molar refractivity (Wildman–Crippen MR) is 88.7 cm³/mol. The third-order valence-electron chi connectivity index (χ3n) is 5.15. The molecule has 0 bridgehead atoms. The molecule has 2 N–H and O–H groups in total. The Labute approximate surface area is 127 Å². The van der Waals surface area contributed by atoms with E-state index in [1.54, 1.807) is 0 Å². The summed E-state index contributed by atoms with van der Waals surface area (Å²) in [4.78, 5) is 5.02. The van der Waals surface area contributed by atoms with Gasteiger partial charge < -0.3 is 10.3 Å². The number of fused-ring (bicyclic) bond motifs is 1. The summed E-state index contributed by atoms with van der Waals surface area (Å²) in [6, 6.07) is 7.18. The maximum absolute atomic E-state index is 6.51. The molecule has 1 fully saturated rings. The Kier molecular flexibility index (Phi) is 3.56. The third-order valence-corrected chi connectivity index (χ3v) is 5.15. The summed E-state index contributed by atoms with van der Waals surface area (Å²) < 4.78 is 2.40. The molecule has 1 saturated carbocycles.